The van der Waals surface area contributed by atoms with Gasteiger partial charge in [0.2, 0.25) is 10.0 Å². The lowest BCUT2D eigenvalue weighted by Gasteiger charge is -2.26. The maximum Gasteiger partial charge on any atom is 0.266 e. The van der Waals surface area contributed by atoms with Crippen LogP contribution >= 0.6 is 11.3 Å². The van der Waals surface area contributed by atoms with Crippen molar-refractivity contribution in [2.75, 3.05) is 31.6 Å². The number of carbonyl (C=O) groups is 1. The Labute approximate surface area is 195 Å². The van der Waals surface area contributed by atoms with Gasteiger partial charge in [0, 0.05) is 24.0 Å². The molecule has 1 aliphatic heterocycles. The molecule has 4 rings (SSSR count). The van der Waals surface area contributed by atoms with Crippen LogP contribution in [0, 0.1) is 5.82 Å². The first-order valence-corrected chi connectivity index (χ1v) is 12.5. The predicted molar refractivity (Wildman–Crippen MR) is 122 cm³/mol. The number of morpholine rings is 1. The molecule has 33 heavy (non-hydrogen) atoms. The van der Waals surface area contributed by atoms with E-state index in [0.717, 1.165) is 0 Å². The van der Waals surface area contributed by atoms with Crippen molar-refractivity contribution in [1.29, 1.82) is 0 Å². The molecule has 3 aromatic rings. The summed E-state index contributed by atoms with van der Waals surface area (Å²) < 4.78 is 51.2. The fourth-order valence-corrected chi connectivity index (χ4v) is 5.32. The molecule has 1 amide bonds. The Morgan fingerprint density at radius 3 is 2.58 bits per heavy atom. The zero-order chi connectivity index (χ0) is 23.4. The van der Waals surface area contributed by atoms with Crippen molar-refractivity contribution in [3.8, 4) is 17.0 Å². The van der Waals surface area contributed by atoms with Crippen LogP contribution in [0.4, 0.5) is 9.52 Å². The molecule has 0 bridgehead atoms. The first-order valence-electron chi connectivity index (χ1n) is 10.2. The molecule has 11 heteroatoms. The molecule has 0 spiro atoms. The first-order chi connectivity index (χ1) is 15.8. The number of thiazole rings is 1. The lowest BCUT2D eigenvalue weighted by molar-refractivity contribution is -0.122. The van der Waals surface area contributed by atoms with E-state index in [9.17, 15) is 17.6 Å². The third-order valence-corrected chi connectivity index (χ3v) is 7.67. The summed E-state index contributed by atoms with van der Waals surface area (Å²) >= 11 is 1.22. The van der Waals surface area contributed by atoms with E-state index in [1.165, 1.54) is 40.8 Å². The minimum absolute atomic E-state index is 0.00732. The molecular formula is C22H22FN3O5S2. The molecule has 0 radical (unpaired) electrons. The number of para-hydroxylation sites is 1. The fourth-order valence-electron chi connectivity index (χ4n) is 3.19. The lowest BCUT2D eigenvalue weighted by Crippen LogP contribution is -2.40. The van der Waals surface area contributed by atoms with Crippen LogP contribution in [-0.2, 0) is 19.6 Å². The van der Waals surface area contributed by atoms with Crippen LogP contribution in [-0.4, -0.2) is 56.0 Å². The number of anilines is 1. The van der Waals surface area contributed by atoms with E-state index in [4.69, 9.17) is 9.47 Å². The molecular weight excluding hydrogens is 469 g/mol. The minimum Gasteiger partial charge on any atom is -0.478 e. The van der Waals surface area contributed by atoms with Gasteiger partial charge in [0.1, 0.15) is 0 Å². The summed E-state index contributed by atoms with van der Waals surface area (Å²) in [6.07, 6.45) is -0.932. The van der Waals surface area contributed by atoms with E-state index in [1.54, 1.807) is 35.7 Å². The Hall–Kier alpha value is -2.86. The van der Waals surface area contributed by atoms with Crippen LogP contribution in [0.3, 0.4) is 0 Å². The predicted octanol–water partition coefficient (Wildman–Crippen LogP) is 3.38. The third kappa shape index (κ3) is 5.38. The number of carbonyl (C=O) groups excluding carboxylic acids is 1. The molecule has 0 aliphatic carbocycles. The van der Waals surface area contributed by atoms with Crippen molar-refractivity contribution < 1.29 is 27.1 Å². The molecule has 8 nitrogen and oxygen atoms in total. The summed E-state index contributed by atoms with van der Waals surface area (Å²) in [5.41, 5.74) is 1.30. The fraction of sp³-hybridized carbons (Fsp3) is 0.273. The van der Waals surface area contributed by atoms with Crippen molar-refractivity contribution in [2.24, 2.45) is 0 Å². The number of amides is 1. The topological polar surface area (TPSA) is 97.8 Å². The highest BCUT2D eigenvalue weighted by Crippen LogP contribution is 2.27. The summed E-state index contributed by atoms with van der Waals surface area (Å²) in [5.74, 6) is -1.02. The molecule has 1 aromatic heterocycles. The summed E-state index contributed by atoms with van der Waals surface area (Å²) in [5, 5.41) is 4.76. The second-order valence-electron chi connectivity index (χ2n) is 7.26. The van der Waals surface area contributed by atoms with Crippen molar-refractivity contribution in [1.82, 2.24) is 9.29 Å². The molecule has 0 saturated carbocycles. The van der Waals surface area contributed by atoms with E-state index in [-0.39, 0.29) is 10.6 Å². The van der Waals surface area contributed by atoms with E-state index in [1.807, 2.05) is 0 Å². The normalized spacial score (nSPS) is 15.7. The molecule has 1 atom stereocenters. The molecule has 2 heterocycles. The van der Waals surface area contributed by atoms with Crippen molar-refractivity contribution in [2.45, 2.75) is 17.9 Å². The van der Waals surface area contributed by atoms with Gasteiger partial charge in [-0.05, 0) is 31.2 Å². The van der Waals surface area contributed by atoms with Gasteiger partial charge in [-0.3, -0.25) is 10.1 Å². The number of aromatic nitrogens is 1. The van der Waals surface area contributed by atoms with Crippen LogP contribution in [0.15, 0.2) is 58.8 Å². The minimum atomic E-state index is -3.57. The Morgan fingerprint density at radius 2 is 1.88 bits per heavy atom. The first kappa shape index (κ1) is 23.3. The Balaban J connectivity index is 1.40. The quantitative estimate of drug-likeness (QED) is 0.544. The van der Waals surface area contributed by atoms with Gasteiger partial charge in [-0.25, -0.2) is 17.8 Å². The van der Waals surface area contributed by atoms with Crippen LogP contribution in [0.2, 0.25) is 0 Å². The van der Waals surface area contributed by atoms with Crippen molar-refractivity contribution in [3.63, 3.8) is 0 Å². The molecule has 0 unspecified atom stereocenters. The van der Waals surface area contributed by atoms with Crippen LogP contribution in [0.25, 0.3) is 11.3 Å². The summed E-state index contributed by atoms with van der Waals surface area (Å²) in [4.78, 5) is 17.0. The Kier molecular flexibility index (Phi) is 7.03. The van der Waals surface area contributed by atoms with E-state index >= 15 is 0 Å². The van der Waals surface area contributed by atoms with E-state index < -0.39 is 27.9 Å². The Morgan fingerprint density at radius 1 is 1.18 bits per heavy atom. The molecule has 1 aliphatic rings. The molecule has 174 valence electrons. The van der Waals surface area contributed by atoms with Crippen molar-refractivity contribution in [3.05, 3.63) is 59.7 Å². The van der Waals surface area contributed by atoms with Gasteiger partial charge < -0.3 is 9.47 Å². The number of benzene rings is 2. The van der Waals surface area contributed by atoms with Gasteiger partial charge in [0.25, 0.3) is 5.91 Å². The van der Waals surface area contributed by atoms with Crippen LogP contribution < -0.4 is 10.1 Å². The molecule has 1 N–H and O–H groups in total. The molecule has 2 aromatic carbocycles. The number of halogens is 1. The zero-order valence-corrected chi connectivity index (χ0v) is 19.4. The van der Waals surface area contributed by atoms with Gasteiger partial charge >= 0.3 is 0 Å². The zero-order valence-electron chi connectivity index (χ0n) is 17.7. The third-order valence-electron chi connectivity index (χ3n) is 5.00. The van der Waals surface area contributed by atoms with Crippen molar-refractivity contribution >= 4 is 32.4 Å². The molecule has 1 saturated heterocycles. The number of hydrogen-bond acceptors (Lipinski definition) is 7. The van der Waals surface area contributed by atoms with Gasteiger partial charge in [0.05, 0.1) is 23.8 Å². The highest BCUT2D eigenvalue weighted by molar-refractivity contribution is 7.89. The highest BCUT2D eigenvalue weighted by atomic mass is 32.2. The second kappa shape index (κ2) is 9.96. The number of nitrogens with zero attached hydrogens (tertiary/aromatic N) is 2. The van der Waals surface area contributed by atoms with Gasteiger partial charge in [-0.15, -0.1) is 11.3 Å². The second-order valence-corrected chi connectivity index (χ2v) is 10.1. The average Bonchev–Trinajstić information content (AvgIpc) is 3.29. The van der Waals surface area contributed by atoms with E-state index in [0.29, 0.717) is 42.7 Å². The largest absolute Gasteiger partial charge is 0.478 e. The highest BCUT2D eigenvalue weighted by Gasteiger charge is 2.26. The average molecular weight is 492 g/mol. The van der Waals surface area contributed by atoms with Crippen LogP contribution in [0.1, 0.15) is 6.92 Å². The standard InChI is InChI=1S/C22H22FN3O5S2/c1-15(31-20-5-3-2-4-18(20)23)21(27)25-22-24-19(14-32-22)16-6-8-17(9-7-16)33(28,29)26-10-12-30-13-11-26/h2-9,14-15H,10-13H2,1H3,(H,24,25,27)/t15-/m1/s1. The summed E-state index contributed by atoms with van der Waals surface area (Å²) in [7, 11) is -3.57. The van der Waals surface area contributed by atoms with E-state index in [2.05, 4.69) is 10.3 Å². The number of ether oxygens (including phenoxy) is 2. The number of rotatable bonds is 7. The SMILES string of the molecule is C[C@@H](Oc1ccccc1F)C(=O)Nc1nc(-c2ccc(S(=O)(=O)N3CCOCC3)cc2)cs1. The smallest absolute Gasteiger partial charge is 0.266 e. The number of sulfonamides is 1. The number of nitrogens with one attached hydrogen (secondary N) is 1. The maximum atomic E-state index is 13.7. The summed E-state index contributed by atoms with van der Waals surface area (Å²) in [6.45, 7) is 2.95. The monoisotopic (exact) mass is 491 g/mol. The Bertz CT molecular complexity index is 1220. The van der Waals surface area contributed by atoms with Crippen LogP contribution in [0.5, 0.6) is 5.75 Å². The lowest BCUT2D eigenvalue weighted by atomic mass is 10.2. The summed E-state index contributed by atoms with van der Waals surface area (Å²) in [6, 6.07) is 12.3. The van der Waals surface area contributed by atoms with Gasteiger partial charge in [-0.2, -0.15) is 4.31 Å². The van der Waals surface area contributed by atoms with Gasteiger partial charge in [0.15, 0.2) is 22.8 Å². The molecule has 1 fully saturated rings. The maximum absolute atomic E-state index is 13.7. The van der Waals surface area contributed by atoms with Gasteiger partial charge in [-0.1, -0.05) is 24.3 Å². The number of hydrogen-bond donors (Lipinski definition) is 1.